The second-order valence-electron chi connectivity index (χ2n) is 7.06. The molecule has 1 N–H and O–H groups in total. The maximum Gasteiger partial charge on any atom is 0.243 e. The fourth-order valence-corrected chi connectivity index (χ4v) is 4.81. The molecule has 2 heterocycles. The zero-order valence-corrected chi connectivity index (χ0v) is 17.1. The lowest BCUT2D eigenvalue weighted by Crippen LogP contribution is -2.27. The van der Waals surface area contributed by atoms with Crippen LogP contribution >= 0.6 is 0 Å². The van der Waals surface area contributed by atoms with Gasteiger partial charge >= 0.3 is 0 Å². The van der Waals surface area contributed by atoms with Crippen LogP contribution in [0.4, 0.5) is 5.69 Å². The Morgan fingerprint density at radius 2 is 1.73 bits per heavy atom. The molecule has 9 heteroatoms. The van der Waals surface area contributed by atoms with E-state index in [0.717, 1.165) is 18.4 Å². The quantitative estimate of drug-likeness (QED) is 0.622. The largest absolute Gasteiger partial charge is 0.339 e. The monoisotopic (exact) mass is 426 g/mol. The fraction of sp³-hybridized carbons (Fsp3) is 0.286. The van der Waals surface area contributed by atoms with Gasteiger partial charge in [0.05, 0.1) is 4.90 Å². The van der Waals surface area contributed by atoms with E-state index in [1.165, 1.54) is 16.4 Å². The first-order chi connectivity index (χ1) is 14.5. The maximum atomic E-state index is 12.5. The van der Waals surface area contributed by atoms with Gasteiger partial charge in [-0.15, -0.1) is 0 Å². The van der Waals surface area contributed by atoms with E-state index >= 15 is 0 Å². The Morgan fingerprint density at radius 1 is 1.03 bits per heavy atom. The number of carbonyl (C=O) groups excluding carboxylic acids is 1. The average molecular weight is 426 g/mol. The number of aromatic nitrogens is 2. The molecule has 0 unspecified atom stereocenters. The molecule has 1 saturated heterocycles. The van der Waals surface area contributed by atoms with Crippen molar-refractivity contribution in [3.05, 3.63) is 60.5 Å². The highest BCUT2D eigenvalue weighted by Crippen LogP contribution is 2.22. The molecule has 0 atom stereocenters. The summed E-state index contributed by atoms with van der Waals surface area (Å²) < 4.78 is 31.8. The summed E-state index contributed by atoms with van der Waals surface area (Å²) in [6.07, 6.45) is 2.26. The summed E-state index contributed by atoms with van der Waals surface area (Å²) in [4.78, 5) is 16.8. The third kappa shape index (κ3) is 4.58. The van der Waals surface area contributed by atoms with Crippen LogP contribution in [0.5, 0.6) is 0 Å². The van der Waals surface area contributed by atoms with E-state index in [1.54, 1.807) is 12.1 Å². The number of nitrogens with zero attached hydrogens (tertiary/aromatic N) is 3. The number of nitrogens with one attached hydrogen (secondary N) is 1. The van der Waals surface area contributed by atoms with Crippen molar-refractivity contribution in [1.29, 1.82) is 0 Å². The van der Waals surface area contributed by atoms with Gasteiger partial charge in [-0.05, 0) is 37.1 Å². The normalized spacial score (nSPS) is 14.7. The van der Waals surface area contributed by atoms with Gasteiger partial charge in [-0.25, -0.2) is 8.42 Å². The van der Waals surface area contributed by atoms with Crippen molar-refractivity contribution in [2.45, 2.75) is 30.6 Å². The van der Waals surface area contributed by atoms with Crippen molar-refractivity contribution in [2.24, 2.45) is 0 Å². The first-order valence-corrected chi connectivity index (χ1v) is 11.2. The van der Waals surface area contributed by atoms with Crippen LogP contribution in [0.15, 0.2) is 64.0 Å². The van der Waals surface area contributed by atoms with Gasteiger partial charge in [0.1, 0.15) is 0 Å². The molecule has 1 aliphatic heterocycles. The van der Waals surface area contributed by atoms with Gasteiger partial charge in [0, 0.05) is 37.2 Å². The van der Waals surface area contributed by atoms with Crippen molar-refractivity contribution >= 4 is 21.6 Å². The number of hydrogen-bond acceptors (Lipinski definition) is 6. The number of carbonyl (C=O) groups is 1. The van der Waals surface area contributed by atoms with Gasteiger partial charge in [-0.2, -0.15) is 9.29 Å². The second-order valence-corrected chi connectivity index (χ2v) is 9.00. The lowest BCUT2D eigenvalue weighted by Gasteiger charge is -2.15. The standard InChI is InChI=1S/C21H22N4O4S/c26-19(12-13-20-23-21(24-29-20)16-6-2-1-3-7-16)22-17-8-10-18(11-9-17)30(27,28)25-14-4-5-15-25/h1-3,6-11H,4-5,12-15H2,(H,22,26). The number of hydrogen-bond donors (Lipinski definition) is 1. The molecule has 0 aliphatic carbocycles. The molecule has 4 rings (SSSR count). The van der Waals surface area contributed by atoms with Gasteiger partial charge < -0.3 is 9.84 Å². The van der Waals surface area contributed by atoms with Crippen LogP contribution in [0.3, 0.4) is 0 Å². The lowest BCUT2D eigenvalue weighted by molar-refractivity contribution is -0.116. The summed E-state index contributed by atoms with van der Waals surface area (Å²) in [6.45, 7) is 1.12. The zero-order valence-electron chi connectivity index (χ0n) is 16.3. The summed E-state index contributed by atoms with van der Waals surface area (Å²) in [6, 6.07) is 15.7. The Kier molecular flexibility index (Phi) is 5.91. The summed E-state index contributed by atoms with van der Waals surface area (Å²) in [5.41, 5.74) is 1.39. The molecule has 1 aromatic heterocycles. The van der Waals surface area contributed by atoms with Crippen molar-refractivity contribution in [3.8, 4) is 11.4 Å². The highest BCUT2D eigenvalue weighted by Gasteiger charge is 2.26. The SMILES string of the molecule is O=C(CCc1nc(-c2ccccc2)no1)Nc1ccc(S(=O)(=O)N2CCCC2)cc1. The molecule has 8 nitrogen and oxygen atoms in total. The lowest BCUT2D eigenvalue weighted by atomic mass is 10.2. The third-order valence-electron chi connectivity index (χ3n) is 4.91. The number of rotatable bonds is 7. The Hall–Kier alpha value is -3.04. The molecule has 30 heavy (non-hydrogen) atoms. The van der Waals surface area contributed by atoms with E-state index in [9.17, 15) is 13.2 Å². The van der Waals surface area contributed by atoms with Gasteiger partial charge in [0.15, 0.2) is 0 Å². The zero-order chi connectivity index (χ0) is 21.0. The van der Waals surface area contributed by atoms with Crippen LogP contribution in [-0.4, -0.2) is 41.9 Å². The number of amides is 1. The van der Waals surface area contributed by atoms with E-state index in [1.807, 2.05) is 30.3 Å². The van der Waals surface area contributed by atoms with E-state index in [4.69, 9.17) is 4.52 Å². The maximum absolute atomic E-state index is 12.5. The van der Waals surface area contributed by atoms with Crippen molar-refractivity contribution in [2.75, 3.05) is 18.4 Å². The smallest absolute Gasteiger partial charge is 0.243 e. The predicted molar refractivity (Wildman–Crippen MR) is 111 cm³/mol. The number of sulfonamides is 1. The summed E-state index contributed by atoms with van der Waals surface area (Å²) in [5.74, 6) is 0.654. The van der Waals surface area contributed by atoms with Gasteiger partial charge in [0.2, 0.25) is 27.6 Å². The molecule has 0 bridgehead atoms. The van der Waals surface area contributed by atoms with E-state index in [0.29, 0.717) is 36.9 Å². The Labute approximate surface area is 175 Å². The number of benzene rings is 2. The Morgan fingerprint density at radius 3 is 2.43 bits per heavy atom. The van der Waals surface area contributed by atoms with E-state index in [-0.39, 0.29) is 17.2 Å². The molecule has 3 aromatic rings. The molecule has 1 aliphatic rings. The number of anilines is 1. The van der Waals surface area contributed by atoms with Gasteiger partial charge in [-0.3, -0.25) is 4.79 Å². The highest BCUT2D eigenvalue weighted by molar-refractivity contribution is 7.89. The minimum Gasteiger partial charge on any atom is -0.339 e. The third-order valence-corrected chi connectivity index (χ3v) is 6.82. The average Bonchev–Trinajstić information content (AvgIpc) is 3.46. The molecule has 1 fully saturated rings. The molecule has 2 aromatic carbocycles. The van der Waals surface area contributed by atoms with E-state index < -0.39 is 10.0 Å². The molecular weight excluding hydrogens is 404 g/mol. The first-order valence-electron chi connectivity index (χ1n) is 9.80. The number of aryl methyl sites for hydroxylation is 1. The molecule has 156 valence electrons. The van der Waals surface area contributed by atoms with Crippen molar-refractivity contribution < 1.29 is 17.7 Å². The highest BCUT2D eigenvalue weighted by atomic mass is 32.2. The van der Waals surface area contributed by atoms with Crippen LogP contribution in [0.25, 0.3) is 11.4 Å². The van der Waals surface area contributed by atoms with Crippen LogP contribution in [-0.2, 0) is 21.2 Å². The minimum absolute atomic E-state index is 0.171. The fourth-order valence-electron chi connectivity index (χ4n) is 3.29. The first kappa shape index (κ1) is 20.2. The van der Waals surface area contributed by atoms with Crippen LogP contribution in [0.2, 0.25) is 0 Å². The molecule has 0 radical (unpaired) electrons. The Bertz CT molecular complexity index is 1110. The molecule has 0 saturated carbocycles. The topological polar surface area (TPSA) is 105 Å². The van der Waals surface area contributed by atoms with Gasteiger partial charge in [-0.1, -0.05) is 35.5 Å². The molecule has 1 amide bonds. The molecule has 0 spiro atoms. The summed E-state index contributed by atoms with van der Waals surface area (Å²) >= 11 is 0. The van der Waals surface area contributed by atoms with E-state index in [2.05, 4.69) is 15.5 Å². The van der Waals surface area contributed by atoms with Crippen molar-refractivity contribution in [1.82, 2.24) is 14.4 Å². The summed E-state index contributed by atoms with van der Waals surface area (Å²) in [5, 5.41) is 6.70. The summed E-state index contributed by atoms with van der Waals surface area (Å²) in [7, 11) is -3.46. The van der Waals surface area contributed by atoms with Gasteiger partial charge in [0.25, 0.3) is 0 Å². The van der Waals surface area contributed by atoms with Crippen LogP contribution in [0, 0.1) is 0 Å². The second kappa shape index (κ2) is 8.76. The molecular formula is C21H22N4O4S. The van der Waals surface area contributed by atoms with Crippen molar-refractivity contribution in [3.63, 3.8) is 0 Å². The van der Waals surface area contributed by atoms with Crippen LogP contribution in [0.1, 0.15) is 25.2 Å². The van der Waals surface area contributed by atoms with Crippen LogP contribution < -0.4 is 5.32 Å². The minimum atomic E-state index is -3.46. The Balaban J connectivity index is 1.32. The predicted octanol–water partition coefficient (Wildman–Crippen LogP) is 3.09.